The first-order chi connectivity index (χ1) is 6.36. The Morgan fingerprint density at radius 2 is 1.31 bits per heavy atom. The first-order valence-corrected chi connectivity index (χ1v) is 4.46. The summed E-state index contributed by atoms with van der Waals surface area (Å²) in [7, 11) is 0. The highest BCUT2D eigenvalue weighted by Gasteiger charge is 1.94. The van der Waals surface area contributed by atoms with E-state index >= 15 is 0 Å². The van der Waals surface area contributed by atoms with Crippen molar-refractivity contribution in [1.29, 1.82) is 0 Å². The average Bonchev–Trinajstić information content (AvgIpc) is 2.20. The molecule has 0 saturated carbocycles. The van der Waals surface area contributed by atoms with Crippen LogP contribution in [0.3, 0.4) is 0 Å². The first-order valence-electron chi connectivity index (χ1n) is 4.08. The molecule has 0 aliphatic rings. The second-order valence-electron chi connectivity index (χ2n) is 2.80. The van der Waals surface area contributed by atoms with E-state index < -0.39 is 0 Å². The Morgan fingerprint density at radius 3 is 1.92 bits per heavy atom. The van der Waals surface area contributed by atoms with Crippen LogP contribution < -0.4 is 0 Å². The molecule has 0 atom stereocenters. The van der Waals surface area contributed by atoms with Crippen LogP contribution in [-0.4, -0.2) is 0 Å². The lowest BCUT2D eigenvalue weighted by Gasteiger charge is -1.99. The molecule has 2 aromatic rings. The summed E-state index contributed by atoms with van der Waals surface area (Å²) in [5, 5.41) is 0.770. The van der Waals surface area contributed by atoms with Crippen molar-refractivity contribution < 1.29 is 0 Å². The molecule has 63 valence electrons. The highest BCUT2D eigenvalue weighted by Crippen LogP contribution is 2.20. The van der Waals surface area contributed by atoms with Crippen molar-refractivity contribution in [3.8, 4) is 11.1 Å². The number of halogens is 1. The monoisotopic (exact) mass is 187 g/mol. The van der Waals surface area contributed by atoms with Crippen molar-refractivity contribution in [3.05, 3.63) is 59.6 Å². The number of benzene rings is 2. The Labute approximate surface area is 82.8 Å². The molecule has 0 spiro atoms. The van der Waals surface area contributed by atoms with Crippen LogP contribution in [0.5, 0.6) is 0 Å². The molecular weight excluding hydrogens is 180 g/mol. The molecule has 1 radical (unpaired) electrons. The van der Waals surface area contributed by atoms with Gasteiger partial charge in [0.15, 0.2) is 0 Å². The van der Waals surface area contributed by atoms with E-state index in [4.69, 9.17) is 11.6 Å². The van der Waals surface area contributed by atoms with Crippen molar-refractivity contribution in [3.63, 3.8) is 0 Å². The average molecular weight is 188 g/mol. The molecule has 0 heterocycles. The van der Waals surface area contributed by atoms with Crippen molar-refractivity contribution in [2.45, 2.75) is 0 Å². The molecule has 0 N–H and O–H groups in total. The third-order valence-electron chi connectivity index (χ3n) is 1.90. The SMILES string of the molecule is Clc1ccc(-c2cc[c]cc2)cc1. The molecule has 0 aromatic heterocycles. The second-order valence-corrected chi connectivity index (χ2v) is 3.23. The standard InChI is InChI=1S/C12H8Cl/c13-12-8-6-11(7-9-12)10-4-2-1-3-5-10/h2-9H. The zero-order valence-corrected chi connectivity index (χ0v) is 7.75. The quantitative estimate of drug-likeness (QED) is 0.637. The van der Waals surface area contributed by atoms with Gasteiger partial charge in [-0.05, 0) is 29.3 Å². The van der Waals surface area contributed by atoms with E-state index in [2.05, 4.69) is 6.07 Å². The van der Waals surface area contributed by atoms with Gasteiger partial charge in [-0.2, -0.15) is 0 Å². The van der Waals surface area contributed by atoms with Crippen molar-refractivity contribution in [2.75, 3.05) is 0 Å². The van der Waals surface area contributed by atoms with Crippen LogP contribution >= 0.6 is 11.6 Å². The van der Waals surface area contributed by atoms with Crippen LogP contribution in [-0.2, 0) is 0 Å². The molecule has 0 amide bonds. The summed E-state index contributed by atoms with van der Waals surface area (Å²) in [4.78, 5) is 0. The highest BCUT2D eigenvalue weighted by molar-refractivity contribution is 6.30. The Hall–Kier alpha value is -1.27. The van der Waals surface area contributed by atoms with Gasteiger partial charge in [-0.25, -0.2) is 0 Å². The zero-order chi connectivity index (χ0) is 9.10. The van der Waals surface area contributed by atoms with Gasteiger partial charge in [-0.15, -0.1) is 0 Å². The zero-order valence-electron chi connectivity index (χ0n) is 7.00. The molecule has 2 aromatic carbocycles. The fourth-order valence-corrected chi connectivity index (χ4v) is 1.35. The number of rotatable bonds is 1. The molecule has 0 aliphatic carbocycles. The lowest BCUT2D eigenvalue weighted by molar-refractivity contribution is 1.61. The molecule has 13 heavy (non-hydrogen) atoms. The van der Waals surface area contributed by atoms with E-state index in [9.17, 15) is 0 Å². The van der Waals surface area contributed by atoms with E-state index in [0.717, 1.165) is 5.02 Å². The number of hydrogen-bond donors (Lipinski definition) is 0. The Balaban J connectivity index is 2.42. The minimum absolute atomic E-state index is 0.770. The van der Waals surface area contributed by atoms with Crippen molar-refractivity contribution >= 4 is 11.6 Å². The molecule has 0 unspecified atom stereocenters. The van der Waals surface area contributed by atoms with Crippen LogP contribution in [0.25, 0.3) is 11.1 Å². The Morgan fingerprint density at radius 1 is 0.769 bits per heavy atom. The van der Waals surface area contributed by atoms with Gasteiger partial charge in [-0.3, -0.25) is 0 Å². The summed E-state index contributed by atoms with van der Waals surface area (Å²) < 4.78 is 0. The molecular formula is C12H8Cl. The summed E-state index contributed by atoms with van der Waals surface area (Å²) in [6, 6.07) is 18.7. The molecule has 0 saturated heterocycles. The van der Waals surface area contributed by atoms with E-state index in [1.807, 2.05) is 48.5 Å². The van der Waals surface area contributed by atoms with Crippen LogP contribution in [0.2, 0.25) is 5.02 Å². The van der Waals surface area contributed by atoms with Gasteiger partial charge >= 0.3 is 0 Å². The molecule has 0 bridgehead atoms. The third kappa shape index (κ3) is 1.90. The minimum Gasteiger partial charge on any atom is -0.0843 e. The lowest BCUT2D eigenvalue weighted by atomic mass is 10.1. The van der Waals surface area contributed by atoms with Crippen LogP contribution in [0, 0.1) is 6.07 Å². The van der Waals surface area contributed by atoms with Crippen LogP contribution in [0.1, 0.15) is 0 Å². The van der Waals surface area contributed by atoms with Gasteiger partial charge in [-0.1, -0.05) is 48.0 Å². The normalized spacial score (nSPS) is 9.92. The maximum absolute atomic E-state index is 5.79. The van der Waals surface area contributed by atoms with Crippen molar-refractivity contribution in [2.24, 2.45) is 0 Å². The summed E-state index contributed by atoms with van der Waals surface area (Å²) in [5.74, 6) is 0. The fraction of sp³-hybridized carbons (Fsp3) is 0. The first kappa shape index (κ1) is 8.33. The molecule has 0 fully saturated rings. The minimum atomic E-state index is 0.770. The van der Waals surface area contributed by atoms with Crippen molar-refractivity contribution in [1.82, 2.24) is 0 Å². The summed E-state index contributed by atoms with van der Waals surface area (Å²) in [5.41, 5.74) is 2.37. The van der Waals surface area contributed by atoms with Gasteiger partial charge in [0.05, 0.1) is 0 Å². The smallest absolute Gasteiger partial charge is 0.0406 e. The topological polar surface area (TPSA) is 0 Å². The van der Waals surface area contributed by atoms with Crippen LogP contribution in [0.15, 0.2) is 48.5 Å². The largest absolute Gasteiger partial charge is 0.0843 e. The third-order valence-corrected chi connectivity index (χ3v) is 2.15. The predicted molar refractivity (Wildman–Crippen MR) is 55.7 cm³/mol. The van der Waals surface area contributed by atoms with E-state index in [1.54, 1.807) is 0 Å². The van der Waals surface area contributed by atoms with Gasteiger partial charge in [0.1, 0.15) is 0 Å². The van der Waals surface area contributed by atoms with E-state index in [0.29, 0.717) is 0 Å². The van der Waals surface area contributed by atoms with Gasteiger partial charge in [0.25, 0.3) is 0 Å². The fourth-order valence-electron chi connectivity index (χ4n) is 1.22. The van der Waals surface area contributed by atoms with Gasteiger partial charge in [0.2, 0.25) is 0 Å². The Kier molecular flexibility index (Phi) is 2.33. The maximum atomic E-state index is 5.79. The van der Waals surface area contributed by atoms with Gasteiger partial charge in [0, 0.05) is 5.02 Å². The highest BCUT2D eigenvalue weighted by atomic mass is 35.5. The summed E-state index contributed by atoms with van der Waals surface area (Å²) in [6.07, 6.45) is 0. The predicted octanol–water partition coefficient (Wildman–Crippen LogP) is 3.81. The lowest BCUT2D eigenvalue weighted by Crippen LogP contribution is -1.75. The van der Waals surface area contributed by atoms with E-state index in [-0.39, 0.29) is 0 Å². The molecule has 0 nitrogen and oxygen atoms in total. The van der Waals surface area contributed by atoms with E-state index in [1.165, 1.54) is 11.1 Å². The summed E-state index contributed by atoms with van der Waals surface area (Å²) >= 11 is 5.79. The Bertz CT molecular complexity index is 376. The maximum Gasteiger partial charge on any atom is 0.0406 e. The molecule has 1 heteroatoms. The second kappa shape index (κ2) is 3.63. The van der Waals surface area contributed by atoms with Gasteiger partial charge < -0.3 is 0 Å². The molecule has 0 aliphatic heterocycles. The number of hydrogen-bond acceptors (Lipinski definition) is 0. The molecule has 2 rings (SSSR count). The summed E-state index contributed by atoms with van der Waals surface area (Å²) in [6.45, 7) is 0. The van der Waals surface area contributed by atoms with Crippen LogP contribution in [0.4, 0.5) is 0 Å².